The molecule has 4 aromatic carbocycles. The second-order valence-electron chi connectivity index (χ2n) is 9.15. The van der Waals surface area contributed by atoms with Gasteiger partial charge in [0, 0.05) is 16.8 Å². The minimum absolute atomic E-state index is 0.126. The number of aryl methyl sites for hydroxylation is 2. The number of methoxy groups -OCH3 is 1. The second kappa shape index (κ2) is 14.0. The van der Waals surface area contributed by atoms with Crippen LogP contribution in [0.15, 0.2) is 90.0 Å². The third-order valence-corrected chi connectivity index (χ3v) is 6.50. The third-order valence-electron chi connectivity index (χ3n) is 6.18. The van der Waals surface area contributed by atoms with Crippen LogP contribution in [0, 0.1) is 13.8 Å². The van der Waals surface area contributed by atoms with Crippen LogP contribution in [-0.4, -0.2) is 31.7 Å². The van der Waals surface area contributed by atoms with Crippen LogP contribution in [0.5, 0.6) is 17.2 Å². The highest BCUT2D eigenvalue weighted by atomic mass is 35.5. The Labute approximate surface area is 243 Å². The first kappa shape index (κ1) is 29.2. The van der Waals surface area contributed by atoms with Gasteiger partial charge in [-0.15, -0.1) is 0 Å². The SMILES string of the molecule is COc1ccc(/C=N\NC(=O)c2ccc(NC(=O)COc3ccc(C)c(C)c3)cc2)cc1COc1ccccc1Cl. The van der Waals surface area contributed by atoms with Crippen molar-refractivity contribution in [1.82, 2.24) is 5.43 Å². The summed E-state index contributed by atoms with van der Waals surface area (Å²) in [6, 6.07) is 24.8. The Morgan fingerprint density at radius 3 is 2.39 bits per heavy atom. The number of nitrogens with one attached hydrogen (secondary N) is 2. The Kier molecular flexibility index (Phi) is 9.96. The number of nitrogens with zero attached hydrogens (tertiary/aromatic N) is 1. The van der Waals surface area contributed by atoms with Crippen molar-refractivity contribution in [2.75, 3.05) is 19.0 Å². The molecule has 0 heterocycles. The largest absolute Gasteiger partial charge is 0.496 e. The summed E-state index contributed by atoms with van der Waals surface area (Å²) in [4.78, 5) is 24.8. The fraction of sp³-hybridized carbons (Fsp3) is 0.156. The number of hydrogen-bond donors (Lipinski definition) is 2. The molecule has 0 spiro atoms. The molecule has 8 nitrogen and oxygen atoms in total. The molecule has 0 saturated carbocycles. The first-order valence-electron chi connectivity index (χ1n) is 12.8. The number of para-hydroxylation sites is 1. The molecule has 9 heteroatoms. The zero-order valence-corrected chi connectivity index (χ0v) is 23.7. The molecule has 0 bridgehead atoms. The molecule has 41 heavy (non-hydrogen) atoms. The van der Waals surface area contributed by atoms with Gasteiger partial charge < -0.3 is 19.5 Å². The van der Waals surface area contributed by atoms with Crippen molar-refractivity contribution >= 4 is 35.3 Å². The van der Waals surface area contributed by atoms with Gasteiger partial charge in [0.15, 0.2) is 6.61 Å². The molecule has 4 aromatic rings. The Hall–Kier alpha value is -4.82. The molecule has 4 rings (SSSR count). The lowest BCUT2D eigenvalue weighted by Crippen LogP contribution is -2.20. The van der Waals surface area contributed by atoms with Gasteiger partial charge in [0.25, 0.3) is 11.8 Å². The summed E-state index contributed by atoms with van der Waals surface area (Å²) >= 11 is 6.18. The van der Waals surface area contributed by atoms with Crippen LogP contribution in [-0.2, 0) is 11.4 Å². The molecule has 0 radical (unpaired) electrons. The summed E-state index contributed by atoms with van der Waals surface area (Å²) in [6.07, 6.45) is 1.53. The number of amides is 2. The number of carbonyl (C=O) groups is 2. The normalized spacial score (nSPS) is 10.7. The van der Waals surface area contributed by atoms with Crippen molar-refractivity contribution in [3.8, 4) is 17.2 Å². The van der Waals surface area contributed by atoms with E-state index in [-0.39, 0.29) is 19.1 Å². The fourth-order valence-corrected chi connectivity index (χ4v) is 3.98. The molecule has 0 aliphatic heterocycles. The molecule has 0 aliphatic rings. The highest BCUT2D eigenvalue weighted by Crippen LogP contribution is 2.26. The summed E-state index contributed by atoms with van der Waals surface area (Å²) in [6.45, 7) is 4.11. The number of benzene rings is 4. The van der Waals surface area contributed by atoms with Crippen molar-refractivity contribution < 1.29 is 23.8 Å². The van der Waals surface area contributed by atoms with Gasteiger partial charge in [0.2, 0.25) is 0 Å². The maximum Gasteiger partial charge on any atom is 0.271 e. The van der Waals surface area contributed by atoms with Gasteiger partial charge in [-0.1, -0.05) is 29.8 Å². The van der Waals surface area contributed by atoms with E-state index >= 15 is 0 Å². The lowest BCUT2D eigenvalue weighted by atomic mass is 10.1. The van der Waals surface area contributed by atoms with Gasteiger partial charge in [-0.25, -0.2) is 5.43 Å². The zero-order chi connectivity index (χ0) is 29.2. The highest BCUT2D eigenvalue weighted by Gasteiger charge is 2.09. The molecule has 210 valence electrons. The van der Waals surface area contributed by atoms with E-state index in [2.05, 4.69) is 15.8 Å². The molecule has 0 atom stereocenters. The molecular formula is C32H30ClN3O5. The van der Waals surface area contributed by atoms with Gasteiger partial charge in [0.05, 0.1) is 18.3 Å². The molecule has 0 aromatic heterocycles. The fourth-order valence-electron chi connectivity index (χ4n) is 3.79. The summed E-state index contributed by atoms with van der Waals surface area (Å²) in [5, 5.41) is 7.34. The van der Waals surface area contributed by atoms with Gasteiger partial charge >= 0.3 is 0 Å². The second-order valence-corrected chi connectivity index (χ2v) is 9.56. The average molecular weight is 572 g/mol. The van der Waals surface area contributed by atoms with Crippen molar-refractivity contribution in [3.05, 3.63) is 118 Å². The van der Waals surface area contributed by atoms with Crippen LogP contribution < -0.4 is 25.0 Å². The Bertz CT molecular complexity index is 1550. The van der Waals surface area contributed by atoms with E-state index in [1.807, 2.05) is 56.3 Å². The van der Waals surface area contributed by atoms with Crippen LogP contribution in [0.4, 0.5) is 5.69 Å². The van der Waals surface area contributed by atoms with Crippen molar-refractivity contribution in [1.29, 1.82) is 0 Å². The van der Waals surface area contributed by atoms with Crippen LogP contribution in [0.1, 0.15) is 32.6 Å². The summed E-state index contributed by atoms with van der Waals surface area (Å²) in [5.74, 6) is 1.15. The molecular weight excluding hydrogens is 542 g/mol. The van der Waals surface area contributed by atoms with Gasteiger partial charge in [0.1, 0.15) is 23.9 Å². The van der Waals surface area contributed by atoms with Crippen LogP contribution in [0.2, 0.25) is 5.02 Å². The Morgan fingerprint density at radius 1 is 0.878 bits per heavy atom. The van der Waals surface area contributed by atoms with E-state index in [1.54, 1.807) is 49.6 Å². The molecule has 0 fully saturated rings. The average Bonchev–Trinajstić information content (AvgIpc) is 2.98. The van der Waals surface area contributed by atoms with E-state index in [1.165, 1.54) is 6.21 Å². The quantitative estimate of drug-likeness (QED) is 0.162. The van der Waals surface area contributed by atoms with E-state index in [0.717, 1.165) is 22.3 Å². The Balaban J connectivity index is 1.28. The minimum Gasteiger partial charge on any atom is -0.496 e. The molecule has 0 unspecified atom stereocenters. The lowest BCUT2D eigenvalue weighted by Gasteiger charge is -2.12. The standard InChI is InChI=1S/C32H30ClN3O5/c1-21-8-14-27(16-22(21)2)40-20-31(37)35-26-12-10-24(11-13-26)32(38)36-34-18-23-9-15-29(39-3)25(17-23)19-41-30-7-5-4-6-28(30)33/h4-18H,19-20H2,1-3H3,(H,35,37)(H,36,38)/b34-18-. The number of hydrazone groups is 1. The number of rotatable bonds is 11. The number of halogens is 1. The summed E-state index contributed by atoms with van der Waals surface area (Å²) in [5.41, 5.74) is 7.22. The maximum absolute atomic E-state index is 12.6. The van der Waals surface area contributed by atoms with E-state index in [4.69, 9.17) is 25.8 Å². The van der Waals surface area contributed by atoms with Crippen molar-refractivity contribution in [3.63, 3.8) is 0 Å². The van der Waals surface area contributed by atoms with Crippen molar-refractivity contribution in [2.24, 2.45) is 5.10 Å². The molecule has 0 saturated heterocycles. The van der Waals surface area contributed by atoms with E-state index in [0.29, 0.717) is 33.5 Å². The topological polar surface area (TPSA) is 98.2 Å². The van der Waals surface area contributed by atoms with Crippen LogP contribution >= 0.6 is 11.6 Å². The highest BCUT2D eigenvalue weighted by molar-refractivity contribution is 6.32. The maximum atomic E-state index is 12.6. The Morgan fingerprint density at radius 2 is 1.66 bits per heavy atom. The number of carbonyl (C=O) groups excluding carboxylic acids is 2. The minimum atomic E-state index is -0.395. The smallest absolute Gasteiger partial charge is 0.271 e. The molecule has 0 aliphatic carbocycles. The number of ether oxygens (including phenoxy) is 3. The van der Waals surface area contributed by atoms with Crippen molar-refractivity contribution in [2.45, 2.75) is 20.5 Å². The van der Waals surface area contributed by atoms with E-state index < -0.39 is 5.91 Å². The number of anilines is 1. The molecule has 2 amide bonds. The zero-order valence-electron chi connectivity index (χ0n) is 22.9. The number of hydrogen-bond acceptors (Lipinski definition) is 6. The third kappa shape index (κ3) is 8.33. The first-order chi connectivity index (χ1) is 19.8. The summed E-state index contributed by atoms with van der Waals surface area (Å²) in [7, 11) is 1.58. The van der Waals surface area contributed by atoms with Gasteiger partial charge in [-0.2, -0.15) is 5.10 Å². The summed E-state index contributed by atoms with van der Waals surface area (Å²) < 4.78 is 16.8. The monoisotopic (exact) mass is 571 g/mol. The predicted octanol–water partition coefficient (Wildman–Crippen LogP) is 6.33. The van der Waals surface area contributed by atoms with Gasteiger partial charge in [-0.3, -0.25) is 9.59 Å². The first-order valence-corrected chi connectivity index (χ1v) is 13.2. The predicted molar refractivity (Wildman–Crippen MR) is 160 cm³/mol. The lowest BCUT2D eigenvalue weighted by molar-refractivity contribution is -0.118. The van der Waals surface area contributed by atoms with Crippen LogP contribution in [0.25, 0.3) is 0 Å². The van der Waals surface area contributed by atoms with E-state index in [9.17, 15) is 9.59 Å². The molecule has 2 N–H and O–H groups in total. The van der Waals surface area contributed by atoms with Gasteiger partial charge in [-0.05, 0) is 97.3 Å². The van der Waals surface area contributed by atoms with Crippen LogP contribution in [0.3, 0.4) is 0 Å².